The highest BCUT2D eigenvalue weighted by Crippen LogP contribution is 2.32. The van der Waals surface area contributed by atoms with E-state index >= 15 is 0 Å². The Balaban J connectivity index is 1.88. The molecule has 2 saturated heterocycles. The zero-order valence-corrected chi connectivity index (χ0v) is 8.33. The van der Waals surface area contributed by atoms with Crippen LogP contribution in [0.1, 0.15) is 32.6 Å². The zero-order valence-electron chi connectivity index (χ0n) is 8.33. The molecule has 0 spiro atoms. The number of nitrogens with one attached hydrogen (secondary N) is 1. The van der Waals surface area contributed by atoms with Gasteiger partial charge in [0.15, 0.2) is 0 Å². The highest BCUT2D eigenvalue weighted by atomic mass is 16.5. The number of hydrogen-bond donors (Lipinski definition) is 1. The van der Waals surface area contributed by atoms with E-state index in [1.807, 2.05) is 6.08 Å². The predicted octanol–water partition coefficient (Wildman–Crippen LogP) is 1.86. The summed E-state index contributed by atoms with van der Waals surface area (Å²) in [6.45, 7) is 5.93. The van der Waals surface area contributed by atoms with Crippen molar-refractivity contribution < 1.29 is 4.74 Å². The summed E-state index contributed by atoms with van der Waals surface area (Å²) in [6, 6.07) is 0.970. The molecule has 0 aromatic rings. The van der Waals surface area contributed by atoms with Crippen LogP contribution >= 0.6 is 0 Å². The van der Waals surface area contributed by atoms with Gasteiger partial charge in [-0.3, -0.25) is 0 Å². The molecule has 2 rings (SSSR count). The summed E-state index contributed by atoms with van der Waals surface area (Å²) in [5, 5.41) is 3.55. The van der Waals surface area contributed by atoms with Gasteiger partial charge < -0.3 is 10.1 Å². The van der Waals surface area contributed by atoms with Gasteiger partial charge in [0.05, 0.1) is 12.2 Å². The highest BCUT2D eigenvalue weighted by Gasteiger charge is 2.36. The van der Waals surface area contributed by atoms with Crippen molar-refractivity contribution in [3.05, 3.63) is 12.7 Å². The number of rotatable bonds is 3. The average molecular weight is 181 g/mol. The Morgan fingerprint density at radius 2 is 2.15 bits per heavy atom. The van der Waals surface area contributed by atoms with Crippen LogP contribution in [0.3, 0.4) is 0 Å². The van der Waals surface area contributed by atoms with Crippen molar-refractivity contribution in [3.8, 4) is 0 Å². The van der Waals surface area contributed by atoms with Gasteiger partial charge in [-0.2, -0.15) is 0 Å². The fourth-order valence-electron chi connectivity index (χ4n) is 2.39. The van der Waals surface area contributed by atoms with Crippen molar-refractivity contribution >= 4 is 0 Å². The predicted molar refractivity (Wildman–Crippen MR) is 53.7 cm³/mol. The van der Waals surface area contributed by atoms with Gasteiger partial charge in [-0.25, -0.2) is 0 Å². The Labute approximate surface area is 80.4 Å². The quantitative estimate of drug-likeness (QED) is 0.671. The number of fused-ring (bicyclic) bond motifs is 2. The van der Waals surface area contributed by atoms with Gasteiger partial charge in [0.25, 0.3) is 0 Å². The molecule has 0 aliphatic carbocycles. The molecular formula is C11H19NO. The van der Waals surface area contributed by atoms with Gasteiger partial charge in [-0.1, -0.05) is 6.08 Å². The molecule has 74 valence electrons. The highest BCUT2D eigenvalue weighted by molar-refractivity contribution is 4.93. The molecule has 0 saturated carbocycles. The molecule has 0 amide bonds. The summed E-state index contributed by atoms with van der Waals surface area (Å²) in [5.41, 5.74) is 0. The molecule has 0 radical (unpaired) electrons. The van der Waals surface area contributed by atoms with Crippen molar-refractivity contribution in [1.82, 2.24) is 5.32 Å². The molecule has 2 heteroatoms. The van der Waals surface area contributed by atoms with Crippen LogP contribution in [0.25, 0.3) is 0 Å². The molecule has 4 atom stereocenters. The standard InChI is InChI=1S/C11H19NO/c1-3-8(2)12-10-6-4-9-5-7-11(10)13-9/h3,8-12H,1,4-7H2,2H3. The van der Waals surface area contributed by atoms with Crippen molar-refractivity contribution in [3.63, 3.8) is 0 Å². The first-order chi connectivity index (χ1) is 6.29. The van der Waals surface area contributed by atoms with Crippen molar-refractivity contribution in [2.75, 3.05) is 0 Å². The summed E-state index contributed by atoms with van der Waals surface area (Å²) in [6.07, 6.45) is 8.02. The lowest BCUT2D eigenvalue weighted by molar-refractivity contribution is -0.0174. The Hall–Kier alpha value is -0.340. The van der Waals surface area contributed by atoms with Crippen molar-refractivity contribution in [2.24, 2.45) is 0 Å². The second kappa shape index (κ2) is 3.81. The van der Waals surface area contributed by atoms with Gasteiger partial charge in [0.2, 0.25) is 0 Å². The Morgan fingerprint density at radius 3 is 2.92 bits per heavy atom. The minimum Gasteiger partial charge on any atom is -0.373 e. The van der Waals surface area contributed by atoms with Crippen LogP contribution in [0.5, 0.6) is 0 Å². The van der Waals surface area contributed by atoms with E-state index in [1.54, 1.807) is 0 Å². The van der Waals surface area contributed by atoms with Gasteiger partial charge >= 0.3 is 0 Å². The summed E-state index contributed by atoms with van der Waals surface area (Å²) in [5.74, 6) is 0. The molecule has 4 unspecified atom stereocenters. The average Bonchev–Trinajstić information content (AvgIpc) is 2.54. The molecule has 2 aliphatic heterocycles. The van der Waals surface area contributed by atoms with Gasteiger partial charge in [0, 0.05) is 12.1 Å². The van der Waals surface area contributed by atoms with Crippen LogP contribution in [-0.4, -0.2) is 24.3 Å². The monoisotopic (exact) mass is 181 g/mol. The van der Waals surface area contributed by atoms with E-state index in [4.69, 9.17) is 4.74 Å². The van der Waals surface area contributed by atoms with Gasteiger partial charge in [-0.05, 0) is 32.6 Å². The van der Waals surface area contributed by atoms with E-state index in [0.29, 0.717) is 24.3 Å². The van der Waals surface area contributed by atoms with Crippen molar-refractivity contribution in [2.45, 2.75) is 56.9 Å². The summed E-state index contributed by atoms with van der Waals surface area (Å²) >= 11 is 0. The Kier molecular flexibility index (Phi) is 2.70. The molecule has 1 N–H and O–H groups in total. The maximum absolute atomic E-state index is 5.86. The minimum atomic E-state index is 0.408. The molecule has 0 aromatic carbocycles. The van der Waals surface area contributed by atoms with Crippen LogP contribution in [0.2, 0.25) is 0 Å². The van der Waals surface area contributed by atoms with Gasteiger partial charge in [0.1, 0.15) is 0 Å². The zero-order chi connectivity index (χ0) is 9.26. The topological polar surface area (TPSA) is 21.3 Å². The molecule has 2 nitrogen and oxygen atoms in total. The lowest BCUT2D eigenvalue weighted by Gasteiger charge is -2.31. The minimum absolute atomic E-state index is 0.408. The molecule has 13 heavy (non-hydrogen) atoms. The van der Waals surface area contributed by atoms with Crippen LogP contribution in [-0.2, 0) is 4.74 Å². The first kappa shape index (κ1) is 9.22. The number of hydrogen-bond acceptors (Lipinski definition) is 2. The fourth-order valence-corrected chi connectivity index (χ4v) is 2.39. The van der Waals surface area contributed by atoms with E-state index in [0.717, 1.165) is 0 Å². The van der Waals surface area contributed by atoms with E-state index in [9.17, 15) is 0 Å². The third kappa shape index (κ3) is 1.94. The summed E-state index contributed by atoms with van der Waals surface area (Å²) in [4.78, 5) is 0. The smallest absolute Gasteiger partial charge is 0.0732 e. The lowest BCUT2D eigenvalue weighted by Crippen LogP contribution is -2.46. The SMILES string of the molecule is C=CC(C)NC1CCC2CCC1O2. The summed E-state index contributed by atoms with van der Waals surface area (Å²) < 4.78 is 5.86. The molecule has 2 bridgehead atoms. The van der Waals surface area contributed by atoms with Crippen LogP contribution < -0.4 is 5.32 Å². The third-order valence-electron chi connectivity index (χ3n) is 3.22. The van der Waals surface area contributed by atoms with E-state index < -0.39 is 0 Å². The van der Waals surface area contributed by atoms with Crippen LogP contribution in [0.15, 0.2) is 12.7 Å². The van der Waals surface area contributed by atoms with Crippen LogP contribution in [0, 0.1) is 0 Å². The molecular weight excluding hydrogens is 162 g/mol. The second-order valence-corrected chi connectivity index (χ2v) is 4.25. The third-order valence-corrected chi connectivity index (χ3v) is 3.22. The van der Waals surface area contributed by atoms with Gasteiger partial charge in [-0.15, -0.1) is 6.58 Å². The van der Waals surface area contributed by atoms with Crippen molar-refractivity contribution in [1.29, 1.82) is 0 Å². The first-order valence-electron chi connectivity index (χ1n) is 5.33. The molecule has 2 fully saturated rings. The molecule has 0 aromatic heterocycles. The lowest BCUT2D eigenvalue weighted by atomic mass is 10.0. The first-order valence-corrected chi connectivity index (χ1v) is 5.33. The van der Waals surface area contributed by atoms with E-state index in [2.05, 4.69) is 18.8 Å². The van der Waals surface area contributed by atoms with Crippen LogP contribution in [0.4, 0.5) is 0 Å². The van der Waals surface area contributed by atoms with E-state index in [-0.39, 0.29) is 0 Å². The second-order valence-electron chi connectivity index (χ2n) is 4.25. The Bertz CT molecular complexity index is 193. The maximum Gasteiger partial charge on any atom is 0.0732 e. The summed E-state index contributed by atoms with van der Waals surface area (Å²) in [7, 11) is 0. The molecule has 2 heterocycles. The normalized spacial score (nSPS) is 40.2. The fraction of sp³-hybridized carbons (Fsp3) is 0.818. The number of ether oxygens (including phenoxy) is 1. The largest absolute Gasteiger partial charge is 0.373 e. The molecule has 2 aliphatic rings. The maximum atomic E-state index is 5.86. The Morgan fingerprint density at radius 1 is 1.38 bits per heavy atom. The van der Waals surface area contributed by atoms with E-state index in [1.165, 1.54) is 25.7 Å².